The van der Waals surface area contributed by atoms with E-state index in [1.807, 2.05) is 24.3 Å². The zero-order valence-corrected chi connectivity index (χ0v) is 16.0. The second-order valence-electron chi connectivity index (χ2n) is 7.09. The molecule has 1 fully saturated rings. The van der Waals surface area contributed by atoms with Gasteiger partial charge in [0, 0.05) is 49.4 Å². The standard InChI is InChI=1S/C21H23N5O3/c27-18(28)14-29-17-6-2-1-4-15(17)12-26-11-3-5-16(13-26)19-20(23-8-7-22-19)21-24-9-10-25-21/h1-2,4,6-10,16H,3,5,11-14H2,(H,24,25)(H,27,28)/t16-/m1/s1. The summed E-state index contributed by atoms with van der Waals surface area (Å²) in [6.07, 6.45) is 9.02. The van der Waals surface area contributed by atoms with Crippen molar-refractivity contribution >= 4 is 5.97 Å². The van der Waals surface area contributed by atoms with Gasteiger partial charge in [-0.1, -0.05) is 18.2 Å². The van der Waals surface area contributed by atoms with Gasteiger partial charge in [0.25, 0.3) is 0 Å². The molecule has 1 aliphatic rings. The van der Waals surface area contributed by atoms with Gasteiger partial charge in [-0.25, -0.2) is 14.8 Å². The molecule has 1 saturated heterocycles. The Morgan fingerprint density at radius 1 is 1.21 bits per heavy atom. The summed E-state index contributed by atoms with van der Waals surface area (Å²) in [6.45, 7) is 2.17. The molecular weight excluding hydrogens is 370 g/mol. The van der Waals surface area contributed by atoms with Crippen molar-refractivity contribution in [1.82, 2.24) is 24.8 Å². The molecule has 29 heavy (non-hydrogen) atoms. The van der Waals surface area contributed by atoms with Crippen LogP contribution in [0.1, 0.15) is 30.0 Å². The number of benzene rings is 1. The van der Waals surface area contributed by atoms with E-state index in [4.69, 9.17) is 9.84 Å². The van der Waals surface area contributed by atoms with Gasteiger partial charge >= 0.3 is 5.97 Å². The van der Waals surface area contributed by atoms with Crippen LogP contribution in [0.5, 0.6) is 5.75 Å². The first-order chi connectivity index (χ1) is 14.2. The number of aromatic nitrogens is 4. The SMILES string of the molecule is O=C(O)COc1ccccc1CN1CCC[C@@H](c2nccnc2-c2ncc[nH]2)C1. The molecular formula is C21H23N5O3. The van der Waals surface area contributed by atoms with Crippen LogP contribution >= 0.6 is 0 Å². The molecule has 4 rings (SSSR count). The molecule has 3 heterocycles. The number of carboxylic acids is 1. The molecule has 1 atom stereocenters. The van der Waals surface area contributed by atoms with E-state index in [9.17, 15) is 4.79 Å². The van der Waals surface area contributed by atoms with Gasteiger partial charge in [0.2, 0.25) is 0 Å². The third-order valence-corrected chi connectivity index (χ3v) is 5.06. The van der Waals surface area contributed by atoms with E-state index in [1.165, 1.54) is 0 Å². The molecule has 0 aliphatic carbocycles. The summed E-state index contributed by atoms with van der Waals surface area (Å²) in [5.74, 6) is 0.626. The molecule has 2 aromatic heterocycles. The third-order valence-electron chi connectivity index (χ3n) is 5.06. The molecule has 0 bridgehead atoms. The smallest absolute Gasteiger partial charge is 0.341 e. The van der Waals surface area contributed by atoms with E-state index in [0.717, 1.165) is 48.7 Å². The summed E-state index contributed by atoms with van der Waals surface area (Å²) >= 11 is 0. The number of nitrogens with zero attached hydrogens (tertiary/aromatic N) is 4. The molecule has 0 saturated carbocycles. The van der Waals surface area contributed by atoms with E-state index in [2.05, 4.69) is 24.8 Å². The van der Waals surface area contributed by atoms with Crippen LogP contribution in [0.2, 0.25) is 0 Å². The fraction of sp³-hybridized carbons (Fsp3) is 0.333. The topological polar surface area (TPSA) is 104 Å². The van der Waals surface area contributed by atoms with E-state index >= 15 is 0 Å². The number of aliphatic carboxylic acids is 1. The summed E-state index contributed by atoms with van der Waals surface area (Å²) in [7, 11) is 0. The predicted octanol–water partition coefficient (Wildman–Crippen LogP) is 2.71. The summed E-state index contributed by atoms with van der Waals surface area (Å²) < 4.78 is 5.46. The van der Waals surface area contributed by atoms with Crippen LogP contribution in [0, 0.1) is 0 Å². The largest absolute Gasteiger partial charge is 0.482 e. The van der Waals surface area contributed by atoms with E-state index < -0.39 is 5.97 Å². The Balaban J connectivity index is 1.50. The molecule has 150 valence electrons. The van der Waals surface area contributed by atoms with Crippen molar-refractivity contribution in [3.05, 3.63) is 60.3 Å². The quantitative estimate of drug-likeness (QED) is 0.636. The minimum Gasteiger partial charge on any atom is -0.482 e. The molecule has 8 heteroatoms. The van der Waals surface area contributed by atoms with E-state index in [1.54, 1.807) is 24.8 Å². The second-order valence-corrected chi connectivity index (χ2v) is 7.09. The van der Waals surface area contributed by atoms with Crippen molar-refractivity contribution in [2.75, 3.05) is 19.7 Å². The highest BCUT2D eigenvalue weighted by atomic mass is 16.5. The maximum atomic E-state index is 10.8. The Morgan fingerprint density at radius 2 is 2.07 bits per heavy atom. The first-order valence-corrected chi connectivity index (χ1v) is 9.66. The van der Waals surface area contributed by atoms with Gasteiger partial charge in [0.1, 0.15) is 11.4 Å². The fourth-order valence-electron chi connectivity index (χ4n) is 3.80. The van der Waals surface area contributed by atoms with Crippen LogP contribution in [0.25, 0.3) is 11.5 Å². The number of carbonyl (C=O) groups is 1. The normalized spacial score (nSPS) is 17.2. The number of carboxylic acid groups (broad SMARTS) is 1. The van der Waals surface area contributed by atoms with Crippen LogP contribution in [0.15, 0.2) is 49.1 Å². The number of hydrogen-bond acceptors (Lipinski definition) is 6. The summed E-state index contributed by atoms with van der Waals surface area (Å²) in [4.78, 5) is 29.8. The van der Waals surface area contributed by atoms with Crippen molar-refractivity contribution < 1.29 is 14.6 Å². The van der Waals surface area contributed by atoms with Crippen LogP contribution in [0.4, 0.5) is 0 Å². The zero-order chi connectivity index (χ0) is 20.1. The highest BCUT2D eigenvalue weighted by Crippen LogP contribution is 2.32. The first-order valence-electron chi connectivity index (χ1n) is 9.66. The average Bonchev–Trinajstić information content (AvgIpc) is 3.28. The van der Waals surface area contributed by atoms with Crippen LogP contribution in [0.3, 0.4) is 0 Å². The minimum absolute atomic E-state index is 0.254. The number of aromatic amines is 1. The van der Waals surface area contributed by atoms with Gasteiger partial charge in [-0.15, -0.1) is 0 Å². The second kappa shape index (κ2) is 8.83. The van der Waals surface area contributed by atoms with Gasteiger partial charge in [-0.05, 0) is 25.5 Å². The van der Waals surface area contributed by atoms with Gasteiger partial charge in [-0.2, -0.15) is 0 Å². The summed E-state index contributed by atoms with van der Waals surface area (Å²) in [5, 5.41) is 8.90. The molecule has 3 aromatic rings. The molecule has 0 unspecified atom stereocenters. The average molecular weight is 393 g/mol. The number of likely N-dealkylation sites (tertiary alicyclic amines) is 1. The van der Waals surface area contributed by atoms with Gasteiger partial charge in [0.15, 0.2) is 12.4 Å². The Bertz CT molecular complexity index is 960. The van der Waals surface area contributed by atoms with Gasteiger partial charge < -0.3 is 14.8 Å². The number of piperidine rings is 1. The number of imidazole rings is 1. The number of hydrogen-bond donors (Lipinski definition) is 2. The molecule has 0 radical (unpaired) electrons. The lowest BCUT2D eigenvalue weighted by atomic mass is 9.92. The van der Waals surface area contributed by atoms with Crippen LogP contribution in [-0.2, 0) is 11.3 Å². The maximum Gasteiger partial charge on any atom is 0.341 e. The minimum atomic E-state index is -0.981. The predicted molar refractivity (Wildman–Crippen MR) is 106 cm³/mol. The fourth-order valence-corrected chi connectivity index (χ4v) is 3.80. The Labute approximate surface area is 168 Å². The molecule has 0 amide bonds. The van der Waals surface area contributed by atoms with Crippen molar-refractivity contribution in [2.24, 2.45) is 0 Å². The number of H-pyrrole nitrogens is 1. The molecule has 0 spiro atoms. The summed E-state index contributed by atoms with van der Waals surface area (Å²) in [5.41, 5.74) is 2.75. The Morgan fingerprint density at radius 3 is 2.90 bits per heavy atom. The molecule has 2 N–H and O–H groups in total. The van der Waals surface area contributed by atoms with Crippen molar-refractivity contribution in [2.45, 2.75) is 25.3 Å². The van der Waals surface area contributed by atoms with Crippen molar-refractivity contribution in [3.8, 4) is 17.3 Å². The number of para-hydroxylation sites is 1. The highest BCUT2D eigenvalue weighted by Gasteiger charge is 2.26. The molecule has 8 nitrogen and oxygen atoms in total. The van der Waals surface area contributed by atoms with Gasteiger partial charge in [0.05, 0.1) is 5.69 Å². The zero-order valence-electron chi connectivity index (χ0n) is 16.0. The van der Waals surface area contributed by atoms with Crippen molar-refractivity contribution in [3.63, 3.8) is 0 Å². The summed E-state index contributed by atoms with van der Waals surface area (Å²) in [6, 6.07) is 7.60. The number of ether oxygens (including phenoxy) is 1. The Kier molecular flexibility index (Phi) is 5.81. The molecule has 1 aromatic carbocycles. The lowest BCUT2D eigenvalue weighted by Gasteiger charge is -2.33. The van der Waals surface area contributed by atoms with E-state index in [-0.39, 0.29) is 12.5 Å². The third kappa shape index (κ3) is 4.60. The molecule has 1 aliphatic heterocycles. The van der Waals surface area contributed by atoms with Gasteiger partial charge in [-0.3, -0.25) is 9.88 Å². The van der Waals surface area contributed by atoms with Crippen LogP contribution in [-0.4, -0.2) is 55.6 Å². The van der Waals surface area contributed by atoms with Crippen LogP contribution < -0.4 is 4.74 Å². The highest BCUT2D eigenvalue weighted by molar-refractivity contribution is 5.68. The number of nitrogens with one attached hydrogen (secondary N) is 1. The lowest BCUT2D eigenvalue weighted by molar-refractivity contribution is -0.139. The monoisotopic (exact) mass is 393 g/mol. The van der Waals surface area contributed by atoms with E-state index in [0.29, 0.717) is 12.3 Å². The Hall–Kier alpha value is -3.26. The maximum absolute atomic E-state index is 10.8. The first kappa shape index (κ1) is 19.1. The number of rotatable bonds is 7. The lowest BCUT2D eigenvalue weighted by Crippen LogP contribution is -2.34. The van der Waals surface area contributed by atoms with Crippen molar-refractivity contribution in [1.29, 1.82) is 0 Å².